The van der Waals surface area contributed by atoms with Crippen LogP contribution in [-0.2, 0) is 14.3 Å². The van der Waals surface area contributed by atoms with Gasteiger partial charge in [-0.2, -0.15) is 0 Å². The van der Waals surface area contributed by atoms with Crippen LogP contribution in [-0.4, -0.2) is 93.8 Å². The number of hydrogen-bond acceptors (Lipinski definition) is 10. The molecule has 3 amide bonds. The summed E-state index contributed by atoms with van der Waals surface area (Å²) in [5.41, 5.74) is 5.21. The molecule has 2 unspecified atom stereocenters. The maximum absolute atomic E-state index is 13.5. The van der Waals surface area contributed by atoms with Gasteiger partial charge in [0.1, 0.15) is 23.4 Å². The molecule has 3 atom stereocenters. The number of H-pyrrole nitrogens is 2. The Morgan fingerprint density at radius 3 is 2.09 bits per heavy atom. The van der Waals surface area contributed by atoms with Crippen LogP contribution in [0.4, 0.5) is 4.79 Å². The largest absolute Gasteiger partial charge is 0.453 e. The second-order valence-electron chi connectivity index (χ2n) is 14.5. The molecule has 3 N–H and O–H groups in total. The third-order valence-electron chi connectivity index (χ3n) is 9.95. The van der Waals surface area contributed by atoms with Crippen molar-refractivity contribution in [1.29, 1.82) is 0 Å². The number of nitrogens with one attached hydrogen (secondary N) is 3. The number of aromatic amines is 2. The van der Waals surface area contributed by atoms with Crippen molar-refractivity contribution in [2.24, 2.45) is 11.8 Å². The highest BCUT2D eigenvalue weighted by molar-refractivity contribution is 5.86. The van der Waals surface area contributed by atoms with Gasteiger partial charge < -0.3 is 29.8 Å². The molecule has 6 heterocycles. The standard InChI is InChI=1S/C38H45N11O4/c1-21(2)14-32(50)48-12-6-8-30(48)35-42-18-27(45-35)23-10-11-25-26(15-23)39-20-29(44-25)34-40-16-24(17-41-34)28-19-43-36(46-28)31-9-7-13-49(31)37(51)33(22(3)4)47-38(52)53-5/h10-11,15-22,30-31,33H,6-9,12-14H2,1-5H3,(H,42,45)(H,43,46)(H,47,52)/t30?,31-,33?/m0/s1. The minimum absolute atomic E-state index is 0.0336. The fraction of sp³-hybridized carbons (Fsp3) is 0.447. The van der Waals surface area contributed by atoms with E-state index in [1.807, 2.05) is 43.1 Å². The molecule has 53 heavy (non-hydrogen) atoms. The first-order valence-corrected chi connectivity index (χ1v) is 18.2. The van der Waals surface area contributed by atoms with E-state index in [0.717, 1.165) is 66.1 Å². The van der Waals surface area contributed by atoms with E-state index in [0.29, 0.717) is 41.7 Å². The van der Waals surface area contributed by atoms with Crippen molar-refractivity contribution in [2.75, 3.05) is 20.2 Å². The first kappa shape index (κ1) is 35.7. The van der Waals surface area contributed by atoms with Gasteiger partial charge in [-0.1, -0.05) is 33.8 Å². The van der Waals surface area contributed by atoms with Gasteiger partial charge in [0, 0.05) is 43.0 Å². The number of benzene rings is 1. The summed E-state index contributed by atoms with van der Waals surface area (Å²) in [4.78, 5) is 76.7. The third kappa shape index (κ3) is 7.46. The number of amides is 3. The zero-order chi connectivity index (χ0) is 37.2. The molecule has 0 saturated carbocycles. The van der Waals surface area contributed by atoms with E-state index in [-0.39, 0.29) is 29.8 Å². The summed E-state index contributed by atoms with van der Waals surface area (Å²) in [6.07, 6.45) is 12.0. The van der Waals surface area contributed by atoms with E-state index in [9.17, 15) is 14.4 Å². The Morgan fingerprint density at radius 2 is 1.45 bits per heavy atom. The van der Waals surface area contributed by atoms with Gasteiger partial charge in [0.15, 0.2) is 5.82 Å². The molecule has 0 radical (unpaired) electrons. The number of imidazole rings is 2. The molecule has 0 spiro atoms. The maximum Gasteiger partial charge on any atom is 0.407 e. The number of methoxy groups -OCH3 is 1. The molecule has 4 aromatic heterocycles. The number of hydrogen-bond donors (Lipinski definition) is 3. The minimum Gasteiger partial charge on any atom is -0.453 e. The lowest BCUT2D eigenvalue weighted by Crippen LogP contribution is -2.51. The molecule has 2 saturated heterocycles. The SMILES string of the molecule is COC(=O)NC(C(=O)N1CCC[C@H]1c1ncc(-c2cnc(-c3cnc4cc(-c5cnc(C6CCCN6C(=O)CC(C)C)[nH]5)ccc4n3)nc2)[nH]1)C(C)C. The Kier molecular flexibility index (Phi) is 10.2. The molecule has 5 aromatic rings. The normalized spacial score (nSPS) is 17.9. The van der Waals surface area contributed by atoms with Crippen molar-refractivity contribution < 1.29 is 19.1 Å². The van der Waals surface area contributed by atoms with E-state index in [4.69, 9.17) is 9.72 Å². The fourth-order valence-corrected chi connectivity index (χ4v) is 7.20. The summed E-state index contributed by atoms with van der Waals surface area (Å²) >= 11 is 0. The number of alkyl carbamates (subject to hydrolysis) is 1. The Morgan fingerprint density at radius 1 is 0.811 bits per heavy atom. The Balaban J connectivity index is 1.03. The monoisotopic (exact) mass is 719 g/mol. The third-order valence-corrected chi connectivity index (χ3v) is 9.95. The second kappa shape index (κ2) is 15.1. The van der Waals surface area contributed by atoms with Crippen LogP contribution in [0.1, 0.15) is 83.5 Å². The molecular weight excluding hydrogens is 674 g/mol. The molecule has 2 aliphatic rings. The lowest BCUT2D eigenvalue weighted by molar-refractivity contribution is -0.135. The molecule has 0 aliphatic carbocycles. The summed E-state index contributed by atoms with van der Waals surface area (Å²) in [5, 5.41) is 2.68. The van der Waals surface area contributed by atoms with Crippen LogP contribution in [0.5, 0.6) is 0 Å². The van der Waals surface area contributed by atoms with E-state index >= 15 is 0 Å². The second-order valence-corrected chi connectivity index (χ2v) is 14.5. The van der Waals surface area contributed by atoms with E-state index in [1.165, 1.54) is 7.11 Å². The summed E-state index contributed by atoms with van der Waals surface area (Å²) in [6, 6.07) is 4.88. The van der Waals surface area contributed by atoms with Crippen LogP contribution < -0.4 is 5.32 Å². The average molecular weight is 720 g/mol. The van der Waals surface area contributed by atoms with Crippen LogP contribution in [0.3, 0.4) is 0 Å². The lowest BCUT2D eigenvalue weighted by atomic mass is 10.0. The average Bonchev–Trinajstić information content (AvgIpc) is 3.99. The lowest BCUT2D eigenvalue weighted by Gasteiger charge is -2.30. The maximum atomic E-state index is 13.5. The van der Waals surface area contributed by atoms with E-state index in [2.05, 4.69) is 54.1 Å². The van der Waals surface area contributed by atoms with Crippen LogP contribution in [0.15, 0.2) is 49.2 Å². The van der Waals surface area contributed by atoms with Gasteiger partial charge >= 0.3 is 6.09 Å². The fourth-order valence-electron chi connectivity index (χ4n) is 7.20. The predicted molar refractivity (Wildman–Crippen MR) is 197 cm³/mol. The predicted octanol–water partition coefficient (Wildman–Crippen LogP) is 5.62. The highest BCUT2D eigenvalue weighted by atomic mass is 16.5. The molecule has 0 bridgehead atoms. The number of ether oxygens (including phenoxy) is 1. The number of nitrogens with zero attached hydrogens (tertiary/aromatic N) is 8. The van der Waals surface area contributed by atoms with Gasteiger partial charge in [-0.15, -0.1) is 0 Å². The van der Waals surface area contributed by atoms with E-state index in [1.54, 1.807) is 29.7 Å². The molecular formula is C38H45N11O4. The Hall–Kier alpha value is -5.73. The smallest absolute Gasteiger partial charge is 0.407 e. The zero-order valence-electron chi connectivity index (χ0n) is 30.7. The van der Waals surface area contributed by atoms with Crippen LogP contribution in [0.25, 0.3) is 45.1 Å². The van der Waals surface area contributed by atoms with Crippen molar-refractivity contribution in [3.05, 3.63) is 60.8 Å². The van der Waals surface area contributed by atoms with Gasteiger partial charge in [-0.3, -0.25) is 14.6 Å². The van der Waals surface area contributed by atoms with E-state index < -0.39 is 12.1 Å². The highest BCUT2D eigenvalue weighted by Gasteiger charge is 2.37. The summed E-state index contributed by atoms with van der Waals surface area (Å²) < 4.78 is 4.74. The zero-order valence-corrected chi connectivity index (χ0v) is 30.7. The topological polar surface area (TPSA) is 188 Å². The molecule has 15 nitrogen and oxygen atoms in total. The van der Waals surface area contributed by atoms with Crippen molar-refractivity contribution in [3.8, 4) is 34.0 Å². The molecule has 2 aliphatic heterocycles. The van der Waals surface area contributed by atoms with Crippen LogP contribution in [0.2, 0.25) is 0 Å². The number of likely N-dealkylation sites (tertiary alicyclic amines) is 2. The van der Waals surface area contributed by atoms with Crippen LogP contribution >= 0.6 is 0 Å². The molecule has 7 rings (SSSR count). The molecule has 276 valence electrons. The first-order chi connectivity index (χ1) is 25.6. The number of fused-ring (bicyclic) bond motifs is 1. The molecule has 1 aromatic carbocycles. The number of carbonyl (C=O) groups is 3. The van der Waals surface area contributed by atoms with Crippen molar-refractivity contribution in [2.45, 2.75) is 77.9 Å². The van der Waals surface area contributed by atoms with Crippen molar-refractivity contribution >= 4 is 28.9 Å². The highest BCUT2D eigenvalue weighted by Crippen LogP contribution is 2.34. The van der Waals surface area contributed by atoms with Gasteiger partial charge in [-0.25, -0.2) is 29.7 Å². The molecule has 2 fully saturated rings. The Labute approximate surface area is 307 Å². The van der Waals surface area contributed by atoms with Gasteiger partial charge in [0.05, 0.1) is 60.2 Å². The van der Waals surface area contributed by atoms with Gasteiger partial charge in [-0.05, 0) is 49.7 Å². The first-order valence-electron chi connectivity index (χ1n) is 18.2. The Bertz CT molecular complexity index is 2110. The summed E-state index contributed by atoms with van der Waals surface area (Å²) in [7, 11) is 1.28. The number of rotatable bonds is 10. The summed E-state index contributed by atoms with van der Waals surface area (Å²) in [5.74, 6) is 2.12. The number of carbonyl (C=O) groups excluding carboxylic acids is 3. The van der Waals surface area contributed by atoms with Crippen molar-refractivity contribution in [3.63, 3.8) is 0 Å². The summed E-state index contributed by atoms with van der Waals surface area (Å²) in [6.45, 7) is 9.24. The van der Waals surface area contributed by atoms with Gasteiger partial charge in [0.25, 0.3) is 0 Å². The van der Waals surface area contributed by atoms with Gasteiger partial charge in [0.2, 0.25) is 11.8 Å². The number of aromatic nitrogens is 8. The molecule has 15 heteroatoms. The minimum atomic E-state index is -0.704. The quantitative estimate of drug-likeness (QED) is 0.163. The van der Waals surface area contributed by atoms with Crippen molar-refractivity contribution in [1.82, 2.24) is 55.0 Å². The van der Waals surface area contributed by atoms with Crippen LogP contribution in [0, 0.1) is 11.8 Å².